The molecule has 0 N–H and O–H groups in total. The number of Topliss-reactive ketones (excluding diaryl/α,β-unsaturated/α-hetero) is 1. The summed E-state index contributed by atoms with van der Waals surface area (Å²) in [7, 11) is 1.35. The molecule has 1 fully saturated rings. The molecular formula is C20H22ClNO3. The van der Waals surface area contributed by atoms with E-state index in [4.69, 9.17) is 16.3 Å². The Bertz CT molecular complexity index is 790. The third kappa shape index (κ3) is 3.28. The molecule has 0 amide bonds. The van der Waals surface area contributed by atoms with E-state index in [1.165, 1.54) is 7.11 Å². The van der Waals surface area contributed by atoms with Gasteiger partial charge in [-0.05, 0) is 36.5 Å². The van der Waals surface area contributed by atoms with E-state index in [-0.39, 0.29) is 17.1 Å². The molecule has 5 heteroatoms. The number of hydrogen-bond donors (Lipinski definition) is 0. The van der Waals surface area contributed by atoms with Crippen LogP contribution < -0.4 is 0 Å². The van der Waals surface area contributed by atoms with Crippen molar-refractivity contribution in [2.75, 3.05) is 7.11 Å². The van der Waals surface area contributed by atoms with Crippen molar-refractivity contribution in [3.8, 4) is 0 Å². The molecule has 1 heterocycles. The van der Waals surface area contributed by atoms with Gasteiger partial charge < -0.3 is 4.74 Å². The quantitative estimate of drug-likeness (QED) is 0.738. The SMILES string of the molecule is COC(=O)C1=C(C)N=C2CC(C)(C)CC(=O)C2C1c1ccc(Cl)cc1. The number of halogens is 1. The molecule has 4 nitrogen and oxygen atoms in total. The molecular weight excluding hydrogens is 338 g/mol. The molecule has 132 valence electrons. The highest BCUT2D eigenvalue weighted by atomic mass is 35.5. The van der Waals surface area contributed by atoms with Crippen LogP contribution in [0.1, 0.15) is 45.1 Å². The lowest BCUT2D eigenvalue weighted by Crippen LogP contribution is -2.44. The third-order valence-corrected chi connectivity index (χ3v) is 5.25. The molecule has 0 bridgehead atoms. The van der Waals surface area contributed by atoms with Gasteiger partial charge in [-0.3, -0.25) is 9.79 Å². The van der Waals surface area contributed by atoms with E-state index >= 15 is 0 Å². The zero-order valence-electron chi connectivity index (χ0n) is 14.9. The molecule has 0 radical (unpaired) electrons. The minimum absolute atomic E-state index is 0.111. The average molecular weight is 360 g/mol. The van der Waals surface area contributed by atoms with Gasteiger partial charge in [-0.2, -0.15) is 0 Å². The van der Waals surface area contributed by atoms with Crippen molar-refractivity contribution in [2.24, 2.45) is 16.3 Å². The fourth-order valence-electron chi connectivity index (χ4n) is 4.00. The van der Waals surface area contributed by atoms with Crippen LogP contribution in [0, 0.1) is 11.3 Å². The number of ketones is 1. The predicted molar refractivity (Wildman–Crippen MR) is 97.9 cm³/mol. The summed E-state index contributed by atoms with van der Waals surface area (Å²) in [5, 5.41) is 0.616. The van der Waals surface area contributed by atoms with Gasteiger partial charge in [0.15, 0.2) is 0 Å². The number of ether oxygens (including phenoxy) is 1. The Hall–Kier alpha value is -1.94. The van der Waals surface area contributed by atoms with Gasteiger partial charge >= 0.3 is 5.97 Å². The second kappa shape index (κ2) is 6.41. The smallest absolute Gasteiger partial charge is 0.336 e. The summed E-state index contributed by atoms with van der Waals surface area (Å²) in [6, 6.07) is 7.31. The molecule has 0 aromatic heterocycles. The zero-order valence-corrected chi connectivity index (χ0v) is 15.7. The summed E-state index contributed by atoms with van der Waals surface area (Å²) in [4.78, 5) is 30.1. The first-order valence-corrected chi connectivity index (χ1v) is 8.76. The molecule has 1 aliphatic carbocycles. The van der Waals surface area contributed by atoms with Crippen LogP contribution in [-0.4, -0.2) is 24.6 Å². The molecule has 1 saturated carbocycles. The Morgan fingerprint density at radius 1 is 1.20 bits per heavy atom. The Morgan fingerprint density at radius 2 is 1.84 bits per heavy atom. The standard InChI is InChI=1S/C20H22ClNO3/c1-11-16(19(24)25-4)17(12-5-7-13(21)8-6-12)18-14(22-11)9-20(2,3)10-15(18)23/h5-8,17-18H,9-10H2,1-4H3. The molecule has 1 aromatic carbocycles. The van der Waals surface area contributed by atoms with Crippen molar-refractivity contribution in [3.63, 3.8) is 0 Å². The van der Waals surface area contributed by atoms with Gasteiger partial charge in [0.25, 0.3) is 0 Å². The summed E-state index contributed by atoms with van der Waals surface area (Å²) >= 11 is 6.01. The number of rotatable bonds is 2. The number of carbonyl (C=O) groups is 2. The van der Waals surface area contributed by atoms with E-state index in [1.54, 1.807) is 12.1 Å². The topological polar surface area (TPSA) is 55.7 Å². The van der Waals surface area contributed by atoms with Gasteiger partial charge in [0.1, 0.15) is 5.78 Å². The van der Waals surface area contributed by atoms with E-state index in [2.05, 4.69) is 18.8 Å². The summed E-state index contributed by atoms with van der Waals surface area (Å²) in [6.07, 6.45) is 1.23. The molecule has 25 heavy (non-hydrogen) atoms. The van der Waals surface area contributed by atoms with Gasteiger partial charge in [-0.15, -0.1) is 0 Å². The minimum atomic E-state index is -0.433. The van der Waals surface area contributed by atoms with Crippen LogP contribution >= 0.6 is 11.6 Å². The largest absolute Gasteiger partial charge is 0.466 e. The van der Waals surface area contributed by atoms with Crippen molar-refractivity contribution in [1.82, 2.24) is 0 Å². The van der Waals surface area contributed by atoms with Crippen molar-refractivity contribution >= 4 is 29.1 Å². The number of carbonyl (C=O) groups excluding carboxylic acids is 2. The number of allylic oxidation sites excluding steroid dienone is 1. The number of nitrogens with zero attached hydrogens (tertiary/aromatic N) is 1. The zero-order chi connectivity index (χ0) is 18.4. The summed E-state index contributed by atoms with van der Waals surface area (Å²) in [5.41, 5.74) is 2.73. The van der Waals surface area contributed by atoms with Gasteiger partial charge in [-0.1, -0.05) is 37.6 Å². The highest BCUT2D eigenvalue weighted by molar-refractivity contribution is 6.30. The van der Waals surface area contributed by atoms with E-state index < -0.39 is 11.9 Å². The predicted octanol–water partition coefficient (Wildman–Crippen LogP) is 4.33. The minimum Gasteiger partial charge on any atom is -0.466 e. The molecule has 1 aromatic rings. The number of aliphatic imine (C=N–C) groups is 1. The van der Waals surface area contributed by atoms with Crippen LogP contribution in [0.15, 0.2) is 40.5 Å². The Kier molecular flexibility index (Phi) is 4.58. The van der Waals surface area contributed by atoms with Crippen molar-refractivity contribution in [2.45, 2.75) is 39.5 Å². The monoisotopic (exact) mass is 359 g/mol. The first-order chi connectivity index (χ1) is 11.7. The fraction of sp³-hybridized carbons (Fsp3) is 0.450. The highest BCUT2D eigenvalue weighted by Gasteiger charge is 2.47. The second-order valence-electron chi connectivity index (χ2n) is 7.58. The molecule has 1 aliphatic heterocycles. The van der Waals surface area contributed by atoms with Crippen LogP contribution in [0.3, 0.4) is 0 Å². The number of methoxy groups -OCH3 is 1. The number of hydrogen-bond acceptors (Lipinski definition) is 4. The highest BCUT2D eigenvalue weighted by Crippen LogP contribution is 2.46. The van der Waals surface area contributed by atoms with Crippen molar-refractivity contribution < 1.29 is 14.3 Å². The normalized spacial score (nSPS) is 25.3. The van der Waals surface area contributed by atoms with Crippen molar-refractivity contribution in [1.29, 1.82) is 0 Å². The van der Waals surface area contributed by atoms with E-state index in [9.17, 15) is 9.59 Å². The molecule has 0 spiro atoms. The first kappa shape index (κ1) is 17.9. The summed E-state index contributed by atoms with van der Waals surface area (Å²) < 4.78 is 4.99. The van der Waals surface area contributed by atoms with Crippen LogP contribution in [0.25, 0.3) is 0 Å². The van der Waals surface area contributed by atoms with E-state index in [1.807, 2.05) is 19.1 Å². The first-order valence-electron chi connectivity index (χ1n) is 8.38. The molecule has 2 aliphatic rings. The van der Waals surface area contributed by atoms with Crippen LogP contribution in [0.5, 0.6) is 0 Å². The van der Waals surface area contributed by atoms with Crippen LogP contribution in [-0.2, 0) is 14.3 Å². The Labute approximate surface area is 152 Å². The van der Waals surface area contributed by atoms with Gasteiger partial charge in [0.05, 0.1) is 18.6 Å². The Morgan fingerprint density at radius 3 is 2.44 bits per heavy atom. The number of fused-ring (bicyclic) bond motifs is 1. The lowest BCUT2D eigenvalue weighted by Gasteiger charge is -2.41. The number of benzene rings is 1. The molecule has 0 saturated heterocycles. The summed E-state index contributed by atoms with van der Waals surface area (Å²) in [5.74, 6) is -1.09. The van der Waals surface area contributed by atoms with Crippen LogP contribution in [0.2, 0.25) is 5.02 Å². The maximum absolute atomic E-state index is 13.0. The second-order valence-corrected chi connectivity index (χ2v) is 8.02. The molecule has 2 atom stereocenters. The molecule has 3 rings (SSSR count). The maximum atomic E-state index is 13.0. The number of esters is 1. The van der Waals surface area contributed by atoms with E-state index in [0.29, 0.717) is 22.7 Å². The van der Waals surface area contributed by atoms with Gasteiger partial charge in [-0.25, -0.2) is 4.79 Å². The van der Waals surface area contributed by atoms with E-state index in [0.717, 1.165) is 17.7 Å². The maximum Gasteiger partial charge on any atom is 0.336 e. The fourth-order valence-corrected chi connectivity index (χ4v) is 4.12. The van der Waals surface area contributed by atoms with Gasteiger partial charge in [0, 0.05) is 28.8 Å². The van der Waals surface area contributed by atoms with Gasteiger partial charge in [0.2, 0.25) is 0 Å². The Balaban J connectivity index is 2.17. The average Bonchev–Trinajstić information content (AvgIpc) is 2.52. The molecule has 2 unspecified atom stereocenters. The third-order valence-electron chi connectivity index (χ3n) is 5.00. The van der Waals surface area contributed by atoms with Crippen molar-refractivity contribution in [3.05, 3.63) is 46.1 Å². The lowest BCUT2D eigenvalue weighted by molar-refractivity contribution is -0.136. The lowest BCUT2D eigenvalue weighted by atomic mass is 9.63. The summed E-state index contributed by atoms with van der Waals surface area (Å²) in [6.45, 7) is 5.97. The van der Waals surface area contributed by atoms with Crippen LogP contribution in [0.4, 0.5) is 0 Å².